The molecule has 0 radical (unpaired) electrons. The van der Waals surface area contributed by atoms with Crippen molar-refractivity contribution >= 4 is 5.69 Å². The van der Waals surface area contributed by atoms with Crippen LogP contribution in [0.5, 0.6) is 0 Å². The first-order valence-electron chi connectivity index (χ1n) is 4.85. The van der Waals surface area contributed by atoms with E-state index in [2.05, 4.69) is 11.8 Å². The first-order chi connectivity index (χ1) is 6.33. The van der Waals surface area contributed by atoms with Crippen molar-refractivity contribution in [2.24, 2.45) is 0 Å². The molecular formula is C11H14FN. The Morgan fingerprint density at radius 3 is 3.08 bits per heavy atom. The summed E-state index contributed by atoms with van der Waals surface area (Å²) in [5.74, 6) is -0.0662. The Kier molecular flexibility index (Phi) is 2.21. The highest BCUT2D eigenvalue weighted by molar-refractivity contribution is 5.58. The minimum atomic E-state index is -0.0662. The lowest BCUT2D eigenvalue weighted by Gasteiger charge is -2.18. The van der Waals surface area contributed by atoms with Crippen molar-refractivity contribution in [3.8, 4) is 0 Å². The zero-order valence-electron chi connectivity index (χ0n) is 7.89. The van der Waals surface area contributed by atoms with Crippen LogP contribution in [0.15, 0.2) is 18.2 Å². The average molecular weight is 179 g/mol. The first-order valence-corrected chi connectivity index (χ1v) is 4.85. The molecule has 1 heterocycles. The molecule has 0 N–H and O–H groups in total. The van der Waals surface area contributed by atoms with E-state index in [0.29, 0.717) is 0 Å². The van der Waals surface area contributed by atoms with E-state index in [1.807, 2.05) is 6.07 Å². The third-order valence-electron chi connectivity index (χ3n) is 2.53. The molecule has 0 fully saturated rings. The molecule has 0 atom stereocenters. The maximum atomic E-state index is 13.4. The molecule has 0 amide bonds. The van der Waals surface area contributed by atoms with Crippen LogP contribution in [0.2, 0.25) is 0 Å². The Morgan fingerprint density at radius 2 is 2.31 bits per heavy atom. The van der Waals surface area contributed by atoms with Crippen LogP contribution >= 0.6 is 0 Å². The van der Waals surface area contributed by atoms with Crippen LogP contribution in [-0.4, -0.2) is 13.1 Å². The van der Waals surface area contributed by atoms with Gasteiger partial charge in [-0.2, -0.15) is 0 Å². The average Bonchev–Trinajstić information content (AvgIpc) is 2.51. The van der Waals surface area contributed by atoms with Crippen molar-refractivity contribution in [2.75, 3.05) is 18.0 Å². The molecule has 1 aliphatic heterocycles. The van der Waals surface area contributed by atoms with Crippen molar-refractivity contribution in [1.82, 2.24) is 0 Å². The zero-order chi connectivity index (χ0) is 9.26. The molecule has 0 saturated heterocycles. The van der Waals surface area contributed by atoms with E-state index in [4.69, 9.17) is 0 Å². The SMILES string of the molecule is CCCN1CCc2cccc(F)c21. The molecule has 1 aromatic carbocycles. The quantitative estimate of drug-likeness (QED) is 0.674. The van der Waals surface area contributed by atoms with Crippen LogP contribution in [0.4, 0.5) is 10.1 Å². The van der Waals surface area contributed by atoms with Crippen LogP contribution in [-0.2, 0) is 6.42 Å². The van der Waals surface area contributed by atoms with Crippen LogP contribution in [0.1, 0.15) is 18.9 Å². The monoisotopic (exact) mass is 179 g/mol. The van der Waals surface area contributed by atoms with Crippen molar-refractivity contribution in [3.63, 3.8) is 0 Å². The Bertz CT molecular complexity index is 307. The Hall–Kier alpha value is -1.05. The summed E-state index contributed by atoms with van der Waals surface area (Å²) in [6.07, 6.45) is 2.07. The van der Waals surface area contributed by atoms with Crippen molar-refractivity contribution in [3.05, 3.63) is 29.6 Å². The Labute approximate surface area is 78.2 Å². The topological polar surface area (TPSA) is 3.24 Å². The number of nitrogens with zero attached hydrogens (tertiary/aromatic N) is 1. The predicted octanol–water partition coefficient (Wildman–Crippen LogP) is 2.60. The fourth-order valence-corrected chi connectivity index (χ4v) is 1.98. The number of rotatable bonds is 2. The second-order valence-electron chi connectivity index (χ2n) is 3.48. The number of fused-ring (bicyclic) bond motifs is 1. The summed E-state index contributed by atoms with van der Waals surface area (Å²) < 4.78 is 13.4. The van der Waals surface area contributed by atoms with Gasteiger partial charge in [0.25, 0.3) is 0 Å². The van der Waals surface area contributed by atoms with E-state index in [9.17, 15) is 4.39 Å². The zero-order valence-corrected chi connectivity index (χ0v) is 7.89. The van der Waals surface area contributed by atoms with E-state index in [1.54, 1.807) is 12.1 Å². The van der Waals surface area contributed by atoms with Crippen LogP contribution in [0.25, 0.3) is 0 Å². The molecule has 0 aromatic heterocycles. The summed E-state index contributed by atoms with van der Waals surface area (Å²) >= 11 is 0. The highest BCUT2D eigenvalue weighted by Gasteiger charge is 2.21. The number of hydrogen-bond acceptors (Lipinski definition) is 1. The Morgan fingerprint density at radius 1 is 1.46 bits per heavy atom. The van der Waals surface area contributed by atoms with Crippen molar-refractivity contribution < 1.29 is 4.39 Å². The van der Waals surface area contributed by atoms with Gasteiger partial charge < -0.3 is 4.90 Å². The molecule has 0 aliphatic carbocycles. The summed E-state index contributed by atoms with van der Waals surface area (Å²) in [5, 5.41) is 0. The van der Waals surface area contributed by atoms with Gasteiger partial charge in [-0.1, -0.05) is 19.1 Å². The predicted molar refractivity (Wildman–Crippen MR) is 52.6 cm³/mol. The van der Waals surface area contributed by atoms with Gasteiger partial charge in [-0.05, 0) is 24.5 Å². The number of para-hydroxylation sites is 1. The molecule has 0 bridgehead atoms. The molecule has 0 spiro atoms. The molecule has 2 heteroatoms. The molecule has 1 aromatic rings. The molecule has 2 rings (SSSR count). The van der Waals surface area contributed by atoms with Gasteiger partial charge in [0, 0.05) is 13.1 Å². The van der Waals surface area contributed by atoms with E-state index in [0.717, 1.165) is 37.2 Å². The van der Waals surface area contributed by atoms with Gasteiger partial charge >= 0.3 is 0 Å². The number of benzene rings is 1. The fourth-order valence-electron chi connectivity index (χ4n) is 1.98. The lowest BCUT2D eigenvalue weighted by atomic mass is 10.1. The lowest BCUT2D eigenvalue weighted by molar-refractivity contribution is 0.621. The van der Waals surface area contributed by atoms with Gasteiger partial charge in [0.1, 0.15) is 5.82 Å². The standard InChI is InChI=1S/C11H14FN/c1-2-7-13-8-6-9-4-3-5-10(12)11(9)13/h3-5H,2,6-8H2,1H3. The Balaban J connectivity index is 2.34. The van der Waals surface area contributed by atoms with Gasteiger partial charge in [0.05, 0.1) is 5.69 Å². The van der Waals surface area contributed by atoms with Gasteiger partial charge in [-0.3, -0.25) is 0 Å². The van der Waals surface area contributed by atoms with Gasteiger partial charge in [0.2, 0.25) is 0 Å². The van der Waals surface area contributed by atoms with Gasteiger partial charge in [0.15, 0.2) is 0 Å². The highest BCUT2D eigenvalue weighted by atomic mass is 19.1. The lowest BCUT2D eigenvalue weighted by Crippen LogP contribution is -2.21. The smallest absolute Gasteiger partial charge is 0.146 e. The maximum Gasteiger partial charge on any atom is 0.146 e. The highest BCUT2D eigenvalue weighted by Crippen LogP contribution is 2.30. The molecule has 1 nitrogen and oxygen atoms in total. The van der Waals surface area contributed by atoms with Crippen molar-refractivity contribution in [2.45, 2.75) is 19.8 Å². The number of hydrogen-bond donors (Lipinski definition) is 0. The number of anilines is 1. The van der Waals surface area contributed by atoms with Crippen LogP contribution in [0.3, 0.4) is 0 Å². The fraction of sp³-hybridized carbons (Fsp3) is 0.455. The summed E-state index contributed by atoms with van der Waals surface area (Å²) in [6.45, 7) is 4.07. The minimum Gasteiger partial charge on any atom is -0.369 e. The summed E-state index contributed by atoms with van der Waals surface area (Å²) in [6, 6.07) is 5.37. The molecule has 0 saturated carbocycles. The van der Waals surface area contributed by atoms with E-state index < -0.39 is 0 Å². The second-order valence-corrected chi connectivity index (χ2v) is 3.48. The van der Waals surface area contributed by atoms with Crippen LogP contribution < -0.4 is 4.90 Å². The third-order valence-corrected chi connectivity index (χ3v) is 2.53. The molecule has 70 valence electrons. The van der Waals surface area contributed by atoms with Crippen LogP contribution in [0, 0.1) is 5.82 Å². The largest absolute Gasteiger partial charge is 0.369 e. The maximum absolute atomic E-state index is 13.4. The normalized spacial score (nSPS) is 14.8. The van der Waals surface area contributed by atoms with E-state index in [-0.39, 0.29) is 5.82 Å². The molecule has 13 heavy (non-hydrogen) atoms. The van der Waals surface area contributed by atoms with Gasteiger partial charge in [-0.15, -0.1) is 0 Å². The number of halogens is 1. The first kappa shape index (κ1) is 8.54. The summed E-state index contributed by atoms with van der Waals surface area (Å²) in [7, 11) is 0. The van der Waals surface area contributed by atoms with Crippen molar-refractivity contribution in [1.29, 1.82) is 0 Å². The van der Waals surface area contributed by atoms with E-state index in [1.165, 1.54) is 0 Å². The summed E-state index contributed by atoms with van der Waals surface area (Å²) in [4.78, 5) is 2.14. The van der Waals surface area contributed by atoms with E-state index >= 15 is 0 Å². The second kappa shape index (κ2) is 3.36. The molecule has 0 unspecified atom stereocenters. The minimum absolute atomic E-state index is 0.0662. The summed E-state index contributed by atoms with van der Waals surface area (Å²) in [5.41, 5.74) is 2.00. The third kappa shape index (κ3) is 1.41. The molecular weight excluding hydrogens is 165 g/mol. The van der Waals surface area contributed by atoms with Gasteiger partial charge in [-0.25, -0.2) is 4.39 Å². The molecule has 1 aliphatic rings.